The number of carbonyl (C=O) groups excluding carboxylic acids is 3. The molecule has 1 aromatic rings. The van der Waals surface area contributed by atoms with E-state index in [0.29, 0.717) is 25.1 Å². The van der Waals surface area contributed by atoms with Gasteiger partial charge in [0.2, 0.25) is 11.8 Å². The molecule has 0 aliphatic rings. The highest BCUT2D eigenvalue weighted by atomic mass is 16.3. The molecule has 0 bridgehead atoms. The van der Waals surface area contributed by atoms with E-state index in [4.69, 9.17) is 16.6 Å². The van der Waals surface area contributed by atoms with Gasteiger partial charge in [-0.1, -0.05) is 32.4 Å². The van der Waals surface area contributed by atoms with E-state index in [1.54, 1.807) is 24.3 Å². The van der Waals surface area contributed by atoms with Crippen molar-refractivity contribution in [2.75, 3.05) is 18.4 Å². The lowest BCUT2D eigenvalue weighted by Gasteiger charge is -2.18. The Hall–Kier alpha value is -2.65. The molecule has 27 heavy (non-hydrogen) atoms. The smallest absolute Gasteiger partial charge is 0.312 e. The van der Waals surface area contributed by atoms with Gasteiger partial charge in [0.15, 0.2) is 0 Å². The van der Waals surface area contributed by atoms with Gasteiger partial charge in [0.05, 0.1) is 13.2 Å². The van der Waals surface area contributed by atoms with Gasteiger partial charge in [-0.25, -0.2) is 4.79 Å². The first-order valence-corrected chi connectivity index (χ1v) is 8.91. The number of hydrogen-bond donors (Lipinski definition) is 6. The van der Waals surface area contributed by atoms with Crippen molar-refractivity contribution in [3.8, 4) is 0 Å². The summed E-state index contributed by atoms with van der Waals surface area (Å²) in [6, 6.07) is 5.23. The van der Waals surface area contributed by atoms with Gasteiger partial charge in [0.25, 0.3) is 0 Å². The molecule has 0 heterocycles. The Morgan fingerprint density at radius 2 is 1.74 bits per heavy atom. The Balaban J connectivity index is 0.00000210. The molecule has 4 amide bonds. The second-order valence-corrected chi connectivity index (χ2v) is 5.81. The third kappa shape index (κ3) is 11.6. The summed E-state index contributed by atoms with van der Waals surface area (Å²) >= 11 is 0. The Morgan fingerprint density at radius 3 is 2.22 bits per heavy atom. The molecule has 0 saturated heterocycles. The Bertz CT molecular complexity index is 578. The minimum Gasteiger partial charge on any atom is -0.392 e. The summed E-state index contributed by atoms with van der Waals surface area (Å²) in [7, 11) is 0. The molecule has 0 spiro atoms. The highest BCUT2D eigenvalue weighted by molar-refractivity contribution is 5.97. The third-order valence-corrected chi connectivity index (χ3v) is 3.21. The molecule has 0 saturated carbocycles. The number of carbonyl (C=O) groups is 3. The van der Waals surface area contributed by atoms with Gasteiger partial charge in [-0.05, 0) is 30.5 Å². The maximum atomic E-state index is 12.3. The monoisotopic (exact) mass is 381 g/mol. The number of rotatable bonds is 9. The fourth-order valence-corrected chi connectivity index (χ4v) is 1.96. The van der Waals surface area contributed by atoms with E-state index in [9.17, 15) is 14.4 Å². The van der Waals surface area contributed by atoms with Crippen LogP contribution in [0.1, 0.15) is 38.7 Å². The molecular weight excluding hydrogens is 350 g/mol. The van der Waals surface area contributed by atoms with Crippen molar-refractivity contribution >= 4 is 23.5 Å². The number of primary amides is 1. The van der Waals surface area contributed by atoms with E-state index in [-0.39, 0.29) is 13.2 Å². The number of aliphatic hydroxyl groups is 1. The molecule has 0 fully saturated rings. The lowest BCUT2D eigenvalue weighted by molar-refractivity contribution is -0.125. The number of amides is 4. The molecule has 0 aromatic heterocycles. The van der Waals surface area contributed by atoms with Crippen LogP contribution in [0.3, 0.4) is 0 Å². The normalized spacial score (nSPS) is 10.8. The van der Waals surface area contributed by atoms with Gasteiger partial charge in [0.1, 0.15) is 6.04 Å². The summed E-state index contributed by atoms with van der Waals surface area (Å²) in [4.78, 5) is 34.4. The third-order valence-electron chi connectivity index (χ3n) is 3.21. The van der Waals surface area contributed by atoms with Crippen LogP contribution >= 0.6 is 0 Å². The lowest BCUT2D eigenvalue weighted by Crippen LogP contribution is -2.46. The molecule has 0 aliphatic heterocycles. The molecule has 9 nitrogen and oxygen atoms in total. The molecule has 1 rings (SSSR count). The summed E-state index contributed by atoms with van der Waals surface area (Å²) in [5.74, 6) is -0.846. The van der Waals surface area contributed by atoms with Crippen LogP contribution in [-0.2, 0) is 16.2 Å². The van der Waals surface area contributed by atoms with E-state index < -0.39 is 23.9 Å². The van der Waals surface area contributed by atoms with Crippen LogP contribution in [0.5, 0.6) is 0 Å². The second-order valence-electron chi connectivity index (χ2n) is 5.81. The molecule has 0 radical (unpaired) electrons. The van der Waals surface area contributed by atoms with E-state index in [0.717, 1.165) is 5.56 Å². The van der Waals surface area contributed by atoms with Gasteiger partial charge in [-0.2, -0.15) is 0 Å². The zero-order valence-electron chi connectivity index (χ0n) is 16.0. The number of aliphatic hydroxyl groups excluding tert-OH is 1. The Labute approximate surface area is 159 Å². The van der Waals surface area contributed by atoms with Crippen molar-refractivity contribution in [1.29, 1.82) is 0 Å². The van der Waals surface area contributed by atoms with Crippen molar-refractivity contribution in [2.45, 2.75) is 45.8 Å². The van der Waals surface area contributed by atoms with Crippen LogP contribution in [0, 0.1) is 0 Å². The van der Waals surface area contributed by atoms with Crippen molar-refractivity contribution in [3.05, 3.63) is 29.8 Å². The molecule has 1 unspecified atom stereocenters. The van der Waals surface area contributed by atoms with E-state index in [1.165, 1.54) is 6.42 Å². The van der Waals surface area contributed by atoms with Crippen molar-refractivity contribution < 1.29 is 19.5 Å². The van der Waals surface area contributed by atoms with Crippen LogP contribution < -0.4 is 27.4 Å². The standard InChI is InChI=1S/C15H23N5O4.C3H8/c16-8-13(22)20-12(2-1-7-18-15(17)24)14(23)19-11-5-3-10(9-21)4-6-11;1-3-2/h3-6,12,21H,1-2,7-9,16H2,(H,19,23)(H,20,22)(H3,17,18,24);3H2,1-2H3. The Morgan fingerprint density at radius 1 is 1.15 bits per heavy atom. The van der Waals surface area contributed by atoms with Gasteiger partial charge in [0, 0.05) is 12.2 Å². The summed E-state index contributed by atoms with van der Waals surface area (Å²) < 4.78 is 0. The Kier molecular flexibility index (Phi) is 13.1. The average Bonchev–Trinajstić information content (AvgIpc) is 2.65. The largest absolute Gasteiger partial charge is 0.392 e. The van der Waals surface area contributed by atoms with Crippen molar-refractivity contribution in [2.24, 2.45) is 11.5 Å². The zero-order valence-corrected chi connectivity index (χ0v) is 16.0. The van der Waals surface area contributed by atoms with E-state index in [1.807, 2.05) is 0 Å². The number of anilines is 1. The number of benzene rings is 1. The highest BCUT2D eigenvalue weighted by Gasteiger charge is 2.20. The van der Waals surface area contributed by atoms with Crippen molar-refractivity contribution in [1.82, 2.24) is 10.6 Å². The van der Waals surface area contributed by atoms with Gasteiger partial charge >= 0.3 is 6.03 Å². The van der Waals surface area contributed by atoms with Crippen LogP contribution in [0.4, 0.5) is 10.5 Å². The van der Waals surface area contributed by atoms with E-state index in [2.05, 4.69) is 29.8 Å². The molecule has 0 aliphatic carbocycles. The molecule has 152 valence electrons. The fraction of sp³-hybridized carbons (Fsp3) is 0.500. The first kappa shape index (κ1) is 24.4. The predicted molar refractivity (Wildman–Crippen MR) is 105 cm³/mol. The van der Waals surface area contributed by atoms with E-state index >= 15 is 0 Å². The fourth-order valence-electron chi connectivity index (χ4n) is 1.96. The summed E-state index contributed by atoms with van der Waals surface area (Å²) in [6.07, 6.45) is 2.02. The molecule has 8 N–H and O–H groups in total. The van der Waals surface area contributed by atoms with Gasteiger partial charge in [-0.3, -0.25) is 9.59 Å². The topological polar surface area (TPSA) is 160 Å². The number of hydrogen-bond acceptors (Lipinski definition) is 5. The minimum absolute atomic E-state index is 0.0870. The summed E-state index contributed by atoms with van der Waals surface area (Å²) in [5.41, 5.74) is 11.5. The first-order chi connectivity index (χ1) is 12.9. The van der Waals surface area contributed by atoms with Crippen LogP contribution in [-0.4, -0.2) is 42.1 Å². The summed E-state index contributed by atoms with van der Waals surface area (Å²) in [6.45, 7) is 4.23. The minimum atomic E-state index is -0.784. The van der Waals surface area contributed by atoms with Gasteiger partial charge in [-0.15, -0.1) is 0 Å². The lowest BCUT2D eigenvalue weighted by atomic mass is 10.1. The van der Waals surface area contributed by atoms with Gasteiger partial charge < -0.3 is 32.5 Å². The number of nitrogens with one attached hydrogen (secondary N) is 3. The number of nitrogens with two attached hydrogens (primary N) is 2. The molecular formula is C18H31N5O4. The van der Waals surface area contributed by atoms with Crippen LogP contribution in [0.2, 0.25) is 0 Å². The average molecular weight is 381 g/mol. The highest BCUT2D eigenvalue weighted by Crippen LogP contribution is 2.11. The quantitative estimate of drug-likeness (QED) is 0.341. The maximum absolute atomic E-state index is 12.3. The summed E-state index contributed by atoms with van der Waals surface area (Å²) in [5, 5.41) is 16.6. The molecule has 1 atom stereocenters. The first-order valence-electron chi connectivity index (χ1n) is 8.91. The van der Waals surface area contributed by atoms with Crippen molar-refractivity contribution in [3.63, 3.8) is 0 Å². The second kappa shape index (κ2) is 14.5. The zero-order chi connectivity index (χ0) is 20.7. The maximum Gasteiger partial charge on any atom is 0.312 e. The van der Waals surface area contributed by atoms with Crippen LogP contribution in [0.25, 0.3) is 0 Å². The SMILES string of the molecule is CCC.NCC(=O)NC(CCCNC(N)=O)C(=O)Nc1ccc(CO)cc1. The molecule has 9 heteroatoms. The number of urea groups is 1. The predicted octanol–water partition coefficient (Wildman–Crippen LogP) is 0.426. The van der Waals surface area contributed by atoms with Crippen LogP contribution in [0.15, 0.2) is 24.3 Å². The molecule has 1 aromatic carbocycles.